The maximum absolute atomic E-state index is 12.3. The first-order valence-corrected chi connectivity index (χ1v) is 8.22. The lowest BCUT2D eigenvalue weighted by Crippen LogP contribution is -2.37. The van der Waals surface area contributed by atoms with Crippen LogP contribution < -0.4 is 10.9 Å². The van der Waals surface area contributed by atoms with Gasteiger partial charge in [0, 0.05) is 30.0 Å². The summed E-state index contributed by atoms with van der Waals surface area (Å²) in [5, 5.41) is 12.6. The summed E-state index contributed by atoms with van der Waals surface area (Å²) in [5.74, 6) is 1.30. The molecule has 1 aliphatic rings. The molecular weight excluding hydrogens is 330 g/mol. The molecule has 9 nitrogen and oxygen atoms in total. The molecule has 1 fully saturated rings. The molecule has 2 unspecified atom stereocenters. The molecule has 0 bridgehead atoms. The van der Waals surface area contributed by atoms with Crippen LogP contribution in [0.15, 0.2) is 35.4 Å². The van der Waals surface area contributed by atoms with Gasteiger partial charge in [0.25, 0.3) is 5.56 Å². The number of rotatable bonds is 4. The third-order valence-corrected chi connectivity index (χ3v) is 4.49. The number of hydrogen-bond donors (Lipinski definition) is 1. The van der Waals surface area contributed by atoms with Crippen molar-refractivity contribution in [3.05, 3.63) is 46.8 Å². The van der Waals surface area contributed by atoms with Gasteiger partial charge in [0.15, 0.2) is 5.82 Å². The van der Waals surface area contributed by atoms with Crippen LogP contribution in [0, 0.1) is 6.92 Å². The molecule has 24 heavy (non-hydrogen) atoms. The van der Waals surface area contributed by atoms with Gasteiger partial charge in [-0.2, -0.15) is 9.47 Å². The van der Waals surface area contributed by atoms with E-state index in [2.05, 4.69) is 24.9 Å². The lowest BCUT2D eigenvalue weighted by molar-refractivity contribution is 0.182. The molecule has 1 aliphatic heterocycles. The SMILES string of the molecule is Cc1nsc(NC2COCC2n2nc(-n3cccn3)ccc2=O)n1. The number of nitrogens with zero attached hydrogens (tertiary/aromatic N) is 6. The van der Waals surface area contributed by atoms with Crippen LogP contribution in [-0.2, 0) is 4.74 Å². The van der Waals surface area contributed by atoms with Crippen molar-refractivity contribution in [2.75, 3.05) is 18.5 Å². The average Bonchev–Trinajstić information content (AvgIpc) is 3.31. The Bertz CT molecular complexity index is 889. The van der Waals surface area contributed by atoms with Crippen molar-refractivity contribution in [3.8, 4) is 5.82 Å². The fraction of sp³-hybridized carbons (Fsp3) is 0.357. The summed E-state index contributed by atoms with van der Waals surface area (Å²) in [4.78, 5) is 16.6. The predicted octanol–water partition coefficient (Wildman–Crippen LogP) is 0.641. The predicted molar refractivity (Wildman–Crippen MR) is 87.5 cm³/mol. The third kappa shape index (κ3) is 2.81. The van der Waals surface area contributed by atoms with E-state index >= 15 is 0 Å². The van der Waals surface area contributed by atoms with Gasteiger partial charge in [-0.25, -0.2) is 14.3 Å². The minimum atomic E-state index is -0.225. The summed E-state index contributed by atoms with van der Waals surface area (Å²) >= 11 is 1.29. The Morgan fingerprint density at radius 1 is 1.38 bits per heavy atom. The minimum Gasteiger partial charge on any atom is -0.377 e. The Labute approximate surface area is 141 Å². The highest BCUT2D eigenvalue weighted by atomic mass is 32.1. The topological polar surface area (TPSA) is 99.8 Å². The van der Waals surface area contributed by atoms with Gasteiger partial charge < -0.3 is 10.1 Å². The lowest BCUT2D eigenvalue weighted by Gasteiger charge is -2.20. The summed E-state index contributed by atoms with van der Waals surface area (Å²) in [6.45, 7) is 2.72. The van der Waals surface area contributed by atoms with Crippen LogP contribution in [0.2, 0.25) is 0 Å². The number of anilines is 1. The average molecular weight is 345 g/mol. The molecule has 2 atom stereocenters. The quantitative estimate of drug-likeness (QED) is 0.741. The van der Waals surface area contributed by atoms with Crippen molar-refractivity contribution in [1.29, 1.82) is 0 Å². The summed E-state index contributed by atoms with van der Waals surface area (Å²) in [6.07, 6.45) is 3.44. The van der Waals surface area contributed by atoms with Crippen LogP contribution in [-0.4, -0.2) is 48.2 Å². The van der Waals surface area contributed by atoms with Gasteiger partial charge in [-0.15, -0.1) is 5.10 Å². The number of hydrogen-bond acceptors (Lipinski definition) is 8. The molecule has 3 aromatic heterocycles. The van der Waals surface area contributed by atoms with Gasteiger partial charge in [0.05, 0.1) is 19.3 Å². The molecule has 1 saturated heterocycles. The maximum atomic E-state index is 12.3. The first kappa shape index (κ1) is 15.0. The Morgan fingerprint density at radius 3 is 3.04 bits per heavy atom. The van der Waals surface area contributed by atoms with E-state index in [-0.39, 0.29) is 17.6 Å². The Morgan fingerprint density at radius 2 is 2.29 bits per heavy atom. The maximum Gasteiger partial charge on any atom is 0.267 e. The highest BCUT2D eigenvalue weighted by Crippen LogP contribution is 2.23. The van der Waals surface area contributed by atoms with E-state index in [1.165, 1.54) is 22.3 Å². The zero-order chi connectivity index (χ0) is 16.5. The largest absolute Gasteiger partial charge is 0.377 e. The van der Waals surface area contributed by atoms with E-state index in [0.717, 1.165) is 0 Å². The fourth-order valence-electron chi connectivity index (χ4n) is 2.62. The molecule has 0 aromatic carbocycles. The van der Waals surface area contributed by atoms with E-state index < -0.39 is 0 Å². The van der Waals surface area contributed by atoms with E-state index in [1.54, 1.807) is 29.2 Å². The summed E-state index contributed by atoms with van der Waals surface area (Å²) in [6, 6.07) is 4.62. The Kier molecular flexibility index (Phi) is 3.82. The molecule has 0 radical (unpaired) electrons. The first-order chi connectivity index (χ1) is 11.7. The number of aromatic nitrogens is 6. The minimum absolute atomic E-state index is 0.101. The van der Waals surface area contributed by atoms with Gasteiger partial charge >= 0.3 is 0 Å². The molecule has 0 spiro atoms. The van der Waals surface area contributed by atoms with Gasteiger partial charge in [-0.3, -0.25) is 4.79 Å². The highest BCUT2D eigenvalue weighted by molar-refractivity contribution is 7.09. The lowest BCUT2D eigenvalue weighted by atomic mass is 10.2. The van der Waals surface area contributed by atoms with Gasteiger partial charge in [-0.1, -0.05) is 0 Å². The van der Waals surface area contributed by atoms with Crippen molar-refractivity contribution in [3.63, 3.8) is 0 Å². The van der Waals surface area contributed by atoms with Crippen LogP contribution in [0.4, 0.5) is 5.13 Å². The molecule has 4 heterocycles. The Hall–Kier alpha value is -2.59. The van der Waals surface area contributed by atoms with E-state index in [1.807, 2.05) is 6.92 Å². The second kappa shape index (κ2) is 6.13. The van der Waals surface area contributed by atoms with E-state index in [9.17, 15) is 4.79 Å². The van der Waals surface area contributed by atoms with Crippen LogP contribution in [0.25, 0.3) is 5.82 Å². The normalized spacial score (nSPS) is 20.4. The van der Waals surface area contributed by atoms with Crippen molar-refractivity contribution >= 4 is 16.7 Å². The Balaban J connectivity index is 1.64. The van der Waals surface area contributed by atoms with Crippen molar-refractivity contribution in [2.45, 2.75) is 19.0 Å². The van der Waals surface area contributed by atoms with Gasteiger partial charge in [-0.05, 0) is 19.1 Å². The standard InChI is InChI=1S/C14H15N7O2S/c1-9-16-14(24-19-9)17-10-7-23-8-11(10)21-13(22)4-3-12(18-21)20-6-2-5-15-20/h2-6,10-11H,7-8H2,1H3,(H,16,17,19). The van der Waals surface area contributed by atoms with Crippen LogP contribution in [0.3, 0.4) is 0 Å². The van der Waals surface area contributed by atoms with Crippen LogP contribution >= 0.6 is 11.5 Å². The molecule has 0 amide bonds. The monoisotopic (exact) mass is 345 g/mol. The second-order valence-corrected chi connectivity index (χ2v) is 6.18. The van der Waals surface area contributed by atoms with Gasteiger partial charge in [0.2, 0.25) is 5.13 Å². The second-order valence-electron chi connectivity index (χ2n) is 5.43. The molecular formula is C14H15N7O2S. The van der Waals surface area contributed by atoms with Crippen LogP contribution in [0.5, 0.6) is 0 Å². The highest BCUT2D eigenvalue weighted by Gasteiger charge is 2.32. The molecule has 4 rings (SSSR count). The molecule has 10 heteroatoms. The molecule has 0 saturated carbocycles. The molecule has 124 valence electrons. The summed E-state index contributed by atoms with van der Waals surface area (Å²) < 4.78 is 12.8. The zero-order valence-corrected chi connectivity index (χ0v) is 13.7. The number of aryl methyl sites for hydroxylation is 1. The molecule has 0 aliphatic carbocycles. The summed E-state index contributed by atoms with van der Waals surface area (Å²) in [7, 11) is 0. The van der Waals surface area contributed by atoms with Crippen molar-refractivity contribution in [1.82, 2.24) is 28.9 Å². The number of nitrogens with one attached hydrogen (secondary N) is 1. The van der Waals surface area contributed by atoms with Crippen LogP contribution in [0.1, 0.15) is 11.9 Å². The van der Waals surface area contributed by atoms with Gasteiger partial charge in [0.1, 0.15) is 11.9 Å². The zero-order valence-electron chi connectivity index (χ0n) is 12.9. The number of ether oxygens (including phenoxy) is 1. The summed E-state index contributed by atoms with van der Waals surface area (Å²) in [5.41, 5.74) is -0.179. The fourth-order valence-corrected chi connectivity index (χ4v) is 3.25. The van der Waals surface area contributed by atoms with Crippen molar-refractivity contribution in [2.24, 2.45) is 0 Å². The molecule has 3 aromatic rings. The van der Waals surface area contributed by atoms with E-state index in [0.29, 0.717) is 30.0 Å². The smallest absolute Gasteiger partial charge is 0.267 e. The third-order valence-electron chi connectivity index (χ3n) is 3.75. The van der Waals surface area contributed by atoms with E-state index in [4.69, 9.17) is 4.74 Å². The molecule has 1 N–H and O–H groups in total. The van der Waals surface area contributed by atoms with Crippen molar-refractivity contribution < 1.29 is 4.74 Å². The first-order valence-electron chi connectivity index (χ1n) is 7.45.